The quantitative estimate of drug-likeness (QED) is 0.706. The molecule has 0 saturated carbocycles. The van der Waals surface area contributed by atoms with Gasteiger partial charge < -0.3 is 4.74 Å². The summed E-state index contributed by atoms with van der Waals surface area (Å²) < 4.78 is 35.2. The zero-order chi connectivity index (χ0) is 14.9. The Morgan fingerprint density at radius 2 is 1.90 bits per heavy atom. The molecule has 2 rings (SSSR count). The Labute approximate surface area is 132 Å². The number of hydrogen-bond acceptors (Lipinski definition) is 2. The summed E-state index contributed by atoms with van der Waals surface area (Å²) in [6.07, 6.45) is 0. The van der Waals surface area contributed by atoms with E-state index in [1.54, 1.807) is 11.7 Å². The number of aryl methyl sites for hydroxylation is 2. The fourth-order valence-electron chi connectivity index (χ4n) is 1.80. The maximum absolute atomic E-state index is 13.8. The highest BCUT2D eigenvalue weighted by Gasteiger charge is 2.16. The van der Waals surface area contributed by atoms with E-state index in [2.05, 4.69) is 37.0 Å². The van der Waals surface area contributed by atoms with Crippen LogP contribution in [-0.2, 0) is 19.0 Å². The van der Waals surface area contributed by atoms with Crippen molar-refractivity contribution in [2.24, 2.45) is 7.05 Å². The first-order valence-electron chi connectivity index (χ1n) is 5.78. The van der Waals surface area contributed by atoms with E-state index >= 15 is 0 Å². The molecule has 0 aliphatic rings. The molecule has 0 bridgehead atoms. The van der Waals surface area contributed by atoms with Gasteiger partial charge >= 0.3 is 0 Å². The van der Waals surface area contributed by atoms with E-state index in [0.717, 1.165) is 10.2 Å². The molecule has 1 heterocycles. The van der Waals surface area contributed by atoms with E-state index in [1.165, 1.54) is 12.1 Å². The Morgan fingerprint density at radius 1 is 1.30 bits per heavy atom. The number of hydrogen-bond donors (Lipinski definition) is 0. The summed E-state index contributed by atoms with van der Waals surface area (Å²) in [7, 11) is 1.75. The summed E-state index contributed by atoms with van der Waals surface area (Å²) in [5.41, 5.74) is 2.03. The molecule has 20 heavy (non-hydrogen) atoms. The molecule has 0 radical (unpaired) electrons. The van der Waals surface area contributed by atoms with E-state index in [0.29, 0.717) is 16.6 Å². The van der Waals surface area contributed by atoms with Crippen LogP contribution in [0.3, 0.4) is 0 Å². The van der Waals surface area contributed by atoms with Gasteiger partial charge in [0, 0.05) is 12.4 Å². The lowest BCUT2D eigenvalue weighted by atomic mass is 10.2. The van der Waals surface area contributed by atoms with Crippen LogP contribution in [0, 0.1) is 18.6 Å². The summed E-state index contributed by atoms with van der Waals surface area (Å²) >= 11 is 6.53. The number of aromatic nitrogens is 2. The van der Waals surface area contributed by atoms with Crippen LogP contribution in [0.25, 0.3) is 0 Å². The summed E-state index contributed by atoms with van der Waals surface area (Å²) in [6.45, 7) is 1.86. The van der Waals surface area contributed by atoms with Crippen molar-refractivity contribution in [3.63, 3.8) is 0 Å². The van der Waals surface area contributed by atoms with Gasteiger partial charge in [-0.2, -0.15) is 5.10 Å². The number of rotatable bonds is 4. The van der Waals surface area contributed by atoms with Crippen LogP contribution in [0.2, 0.25) is 0 Å². The lowest BCUT2D eigenvalue weighted by molar-refractivity contribution is 0.264. The lowest BCUT2D eigenvalue weighted by Crippen LogP contribution is -2.06. The second kappa shape index (κ2) is 6.22. The van der Waals surface area contributed by atoms with Crippen molar-refractivity contribution in [3.8, 4) is 5.75 Å². The van der Waals surface area contributed by atoms with Gasteiger partial charge in [-0.1, -0.05) is 15.9 Å². The van der Waals surface area contributed by atoms with Crippen LogP contribution in [0.1, 0.15) is 17.0 Å². The van der Waals surface area contributed by atoms with E-state index in [-0.39, 0.29) is 12.4 Å². The SMILES string of the molecule is Cc1nn(C)c(COc2c(F)cc(CBr)cc2F)c1Br. The molecule has 0 aliphatic carbocycles. The molecule has 0 atom stereocenters. The van der Waals surface area contributed by atoms with Crippen molar-refractivity contribution in [1.82, 2.24) is 9.78 Å². The van der Waals surface area contributed by atoms with Gasteiger partial charge in [-0.25, -0.2) is 8.78 Å². The van der Waals surface area contributed by atoms with Crippen molar-refractivity contribution in [3.05, 3.63) is 45.2 Å². The Balaban J connectivity index is 2.23. The molecular weight excluding hydrogens is 398 g/mol. The monoisotopic (exact) mass is 408 g/mol. The molecule has 0 aliphatic heterocycles. The molecule has 7 heteroatoms. The van der Waals surface area contributed by atoms with Crippen molar-refractivity contribution >= 4 is 31.9 Å². The molecular formula is C13H12Br2F2N2O. The first kappa shape index (κ1) is 15.4. The number of alkyl halides is 1. The van der Waals surface area contributed by atoms with Crippen LogP contribution in [0.15, 0.2) is 16.6 Å². The Hall–Kier alpha value is -0.950. The Bertz CT molecular complexity index is 621. The minimum Gasteiger partial charge on any atom is -0.481 e. The number of nitrogens with zero attached hydrogens (tertiary/aromatic N) is 2. The fraction of sp³-hybridized carbons (Fsp3) is 0.308. The maximum atomic E-state index is 13.8. The zero-order valence-electron chi connectivity index (χ0n) is 10.9. The number of benzene rings is 1. The molecule has 108 valence electrons. The zero-order valence-corrected chi connectivity index (χ0v) is 14.1. The van der Waals surface area contributed by atoms with Gasteiger partial charge in [-0.3, -0.25) is 4.68 Å². The Kier molecular flexibility index (Phi) is 4.80. The van der Waals surface area contributed by atoms with E-state index in [1.807, 2.05) is 6.92 Å². The predicted molar refractivity (Wildman–Crippen MR) is 79.0 cm³/mol. The highest BCUT2D eigenvalue weighted by Crippen LogP contribution is 2.27. The van der Waals surface area contributed by atoms with Gasteiger partial charge in [0.2, 0.25) is 0 Å². The molecule has 0 fully saturated rings. The average Bonchev–Trinajstić information content (AvgIpc) is 2.63. The molecule has 0 spiro atoms. The first-order chi connectivity index (χ1) is 9.43. The standard InChI is InChI=1S/C13H12Br2F2N2O/c1-7-12(15)11(19(2)18-7)6-20-13-9(16)3-8(5-14)4-10(13)17/h3-4H,5-6H2,1-2H3. The van der Waals surface area contributed by atoms with E-state index in [9.17, 15) is 8.78 Å². The largest absolute Gasteiger partial charge is 0.481 e. The Morgan fingerprint density at radius 3 is 2.35 bits per heavy atom. The first-order valence-corrected chi connectivity index (χ1v) is 7.70. The van der Waals surface area contributed by atoms with Crippen molar-refractivity contribution in [2.45, 2.75) is 18.9 Å². The van der Waals surface area contributed by atoms with Crippen molar-refractivity contribution < 1.29 is 13.5 Å². The molecule has 1 aromatic heterocycles. The molecule has 0 amide bonds. The fourth-order valence-corrected chi connectivity index (χ4v) is 2.58. The maximum Gasteiger partial charge on any atom is 0.191 e. The molecule has 1 aromatic carbocycles. The molecule has 2 aromatic rings. The van der Waals surface area contributed by atoms with Gasteiger partial charge in [0.05, 0.1) is 15.9 Å². The summed E-state index contributed by atoms with van der Waals surface area (Å²) in [5, 5.41) is 4.57. The van der Waals surface area contributed by atoms with Crippen molar-refractivity contribution in [1.29, 1.82) is 0 Å². The van der Waals surface area contributed by atoms with E-state index in [4.69, 9.17) is 4.74 Å². The summed E-state index contributed by atoms with van der Waals surface area (Å²) in [4.78, 5) is 0. The molecule has 0 saturated heterocycles. The summed E-state index contributed by atoms with van der Waals surface area (Å²) in [6, 6.07) is 2.49. The second-order valence-electron chi connectivity index (χ2n) is 4.28. The van der Waals surface area contributed by atoms with Crippen LogP contribution in [0.5, 0.6) is 5.75 Å². The van der Waals surface area contributed by atoms with Gasteiger partial charge in [-0.15, -0.1) is 0 Å². The predicted octanol–water partition coefficient (Wildman–Crippen LogP) is 4.24. The van der Waals surface area contributed by atoms with Crippen LogP contribution >= 0.6 is 31.9 Å². The highest BCUT2D eigenvalue weighted by molar-refractivity contribution is 9.10. The third-order valence-corrected chi connectivity index (χ3v) is 4.51. The lowest BCUT2D eigenvalue weighted by Gasteiger charge is -2.10. The minimum atomic E-state index is -0.713. The number of halogens is 4. The van der Waals surface area contributed by atoms with Gasteiger partial charge in [-0.05, 0) is 40.5 Å². The van der Waals surface area contributed by atoms with Crippen LogP contribution in [-0.4, -0.2) is 9.78 Å². The van der Waals surface area contributed by atoms with Crippen molar-refractivity contribution in [2.75, 3.05) is 0 Å². The molecule has 3 nitrogen and oxygen atoms in total. The highest BCUT2D eigenvalue weighted by atomic mass is 79.9. The van der Waals surface area contributed by atoms with Gasteiger partial charge in [0.1, 0.15) is 6.61 Å². The van der Waals surface area contributed by atoms with Gasteiger partial charge in [0.25, 0.3) is 0 Å². The second-order valence-corrected chi connectivity index (χ2v) is 5.63. The number of ether oxygens (including phenoxy) is 1. The third-order valence-electron chi connectivity index (χ3n) is 2.83. The molecule has 0 N–H and O–H groups in total. The summed E-state index contributed by atoms with van der Waals surface area (Å²) in [5.74, 6) is -1.80. The average molecular weight is 410 g/mol. The van der Waals surface area contributed by atoms with Crippen LogP contribution in [0.4, 0.5) is 8.78 Å². The van der Waals surface area contributed by atoms with Crippen LogP contribution < -0.4 is 4.74 Å². The molecule has 0 unspecified atom stereocenters. The smallest absolute Gasteiger partial charge is 0.191 e. The van der Waals surface area contributed by atoms with Gasteiger partial charge in [0.15, 0.2) is 17.4 Å². The third kappa shape index (κ3) is 3.03. The minimum absolute atomic E-state index is 0.0272. The van der Waals surface area contributed by atoms with E-state index < -0.39 is 11.6 Å². The normalized spacial score (nSPS) is 10.9. The topological polar surface area (TPSA) is 27.1 Å².